The molecule has 0 fully saturated rings. The molecule has 3 nitrogen and oxygen atoms in total. The van der Waals surface area contributed by atoms with E-state index in [2.05, 4.69) is 20.7 Å². The van der Waals surface area contributed by atoms with Gasteiger partial charge >= 0.3 is 0 Å². The lowest BCUT2D eigenvalue weighted by molar-refractivity contribution is 0.601. The van der Waals surface area contributed by atoms with Crippen LogP contribution in [-0.2, 0) is 10.0 Å². The Bertz CT molecular complexity index is 724. The molecule has 0 bridgehead atoms. The van der Waals surface area contributed by atoms with Crippen LogP contribution in [0, 0.1) is 12.7 Å². The third kappa shape index (κ3) is 3.31. The van der Waals surface area contributed by atoms with E-state index in [-0.39, 0.29) is 20.1 Å². The van der Waals surface area contributed by atoms with Gasteiger partial charge in [-0.2, -0.15) is 0 Å². The fraction of sp³-hybridized carbons (Fsp3) is 0.0769. The van der Waals surface area contributed by atoms with Crippen molar-refractivity contribution in [2.45, 2.75) is 11.8 Å². The average Bonchev–Trinajstić information content (AvgIpc) is 2.34. The maximum absolute atomic E-state index is 13.1. The van der Waals surface area contributed by atoms with Crippen LogP contribution >= 0.6 is 27.5 Å². The highest BCUT2D eigenvalue weighted by Gasteiger charge is 2.18. The van der Waals surface area contributed by atoms with Crippen molar-refractivity contribution in [1.82, 2.24) is 0 Å². The van der Waals surface area contributed by atoms with Crippen LogP contribution in [0.1, 0.15) is 5.56 Å². The minimum Gasteiger partial charge on any atom is -0.277 e. The van der Waals surface area contributed by atoms with Crippen LogP contribution in [0.5, 0.6) is 0 Å². The molecule has 0 aliphatic rings. The van der Waals surface area contributed by atoms with Crippen LogP contribution in [0.2, 0.25) is 5.02 Å². The lowest BCUT2D eigenvalue weighted by Gasteiger charge is -2.11. The summed E-state index contributed by atoms with van der Waals surface area (Å²) in [5, 5.41) is -0.0208. The highest BCUT2D eigenvalue weighted by atomic mass is 79.9. The average molecular weight is 379 g/mol. The zero-order valence-corrected chi connectivity index (χ0v) is 13.5. The van der Waals surface area contributed by atoms with Gasteiger partial charge in [0, 0.05) is 4.47 Å². The summed E-state index contributed by atoms with van der Waals surface area (Å²) in [6, 6.07) is 8.54. The highest BCUT2D eigenvalue weighted by Crippen LogP contribution is 2.33. The highest BCUT2D eigenvalue weighted by molar-refractivity contribution is 9.10. The van der Waals surface area contributed by atoms with Gasteiger partial charge in [-0.25, -0.2) is 12.8 Å². The first-order chi connectivity index (χ1) is 9.29. The van der Waals surface area contributed by atoms with Gasteiger partial charge in [-0.1, -0.05) is 29.3 Å². The normalized spacial score (nSPS) is 11.4. The van der Waals surface area contributed by atoms with Gasteiger partial charge in [0.25, 0.3) is 10.0 Å². The minimum absolute atomic E-state index is 0.0208. The second kappa shape index (κ2) is 5.71. The number of nitrogens with one attached hydrogen (secondary N) is 1. The quantitative estimate of drug-likeness (QED) is 0.863. The second-order valence-electron chi connectivity index (χ2n) is 4.16. The summed E-state index contributed by atoms with van der Waals surface area (Å²) in [4.78, 5) is 0.107. The first-order valence-corrected chi connectivity index (χ1v) is 8.19. The predicted molar refractivity (Wildman–Crippen MR) is 81.1 cm³/mol. The maximum Gasteiger partial charge on any atom is 0.261 e. The number of aryl methyl sites for hydroxylation is 1. The summed E-state index contributed by atoms with van der Waals surface area (Å²) in [6.07, 6.45) is 0. The smallest absolute Gasteiger partial charge is 0.261 e. The van der Waals surface area contributed by atoms with E-state index >= 15 is 0 Å². The van der Waals surface area contributed by atoms with Gasteiger partial charge in [-0.15, -0.1) is 0 Å². The summed E-state index contributed by atoms with van der Waals surface area (Å²) < 4.78 is 40.1. The zero-order chi connectivity index (χ0) is 14.9. The molecule has 0 atom stereocenters. The zero-order valence-electron chi connectivity index (χ0n) is 10.3. The summed E-state index contributed by atoms with van der Waals surface area (Å²) in [7, 11) is -3.77. The summed E-state index contributed by atoms with van der Waals surface area (Å²) in [5.74, 6) is -0.555. The number of hydrogen-bond donors (Lipinski definition) is 1. The maximum atomic E-state index is 13.1. The fourth-order valence-corrected chi connectivity index (χ4v) is 3.74. The Balaban J connectivity index is 2.41. The Kier molecular flexibility index (Phi) is 4.36. The number of halogens is 3. The van der Waals surface area contributed by atoms with Gasteiger partial charge in [-0.05, 0) is 47.1 Å². The summed E-state index contributed by atoms with van der Waals surface area (Å²) >= 11 is 8.94. The molecule has 0 unspecified atom stereocenters. The molecule has 1 N–H and O–H groups in total. The van der Waals surface area contributed by atoms with Gasteiger partial charge in [0.05, 0.1) is 15.6 Å². The molecule has 2 aromatic carbocycles. The van der Waals surface area contributed by atoms with E-state index in [9.17, 15) is 12.8 Å². The van der Waals surface area contributed by atoms with E-state index in [1.165, 1.54) is 12.1 Å². The number of benzene rings is 2. The van der Waals surface area contributed by atoms with E-state index in [4.69, 9.17) is 11.6 Å². The van der Waals surface area contributed by atoms with E-state index in [0.717, 1.165) is 17.7 Å². The number of sulfonamides is 1. The molecule has 0 radical (unpaired) electrons. The molecular formula is C13H10BrClFNO2S. The van der Waals surface area contributed by atoms with Crippen LogP contribution in [0.3, 0.4) is 0 Å². The Hall–Kier alpha value is -1.11. The van der Waals surface area contributed by atoms with Crippen molar-refractivity contribution in [3.63, 3.8) is 0 Å². The van der Waals surface area contributed by atoms with Crippen molar-refractivity contribution < 1.29 is 12.8 Å². The molecule has 7 heteroatoms. The van der Waals surface area contributed by atoms with E-state index in [1.54, 1.807) is 12.1 Å². The molecule has 2 rings (SSSR count). The van der Waals surface area contributed by atoms with Gasteiger partial charge in [0.2, 0.25) is 0 Å². The largest absolute Gasteiger partial charge is 0.277 e. The molecule has 0 aromatic heterocycles. The third-order valence-corrected chi connectivity index (χ3v) is 4.86. The number of anilines is 1. The van der Waals surface area contributed by atoms with Crippen LogP contribution in [0.4, 0.5) is 10.1 Å². The molecule has 0 saturated heterocycles. The fourth-order valence-electron chi connectivity index (χ4n) is 1.55. The van der Waals surface area contributed by atoms with Crippen molar-refractivity contribution in [3.05, 3.63) is 57.3 Å². The van der Waals surface area contributed by atoms with Gasteiger partial charge in [0.15, 0.2) is 0 Å². The number of hydrogen-bond acceptors (Lipinski definition) is 2. The van der Waals surface area contributed by atoms with Crippen LogP contribution in [0.25, 0.3) is 0 Å². The standard InChI is InChI=1S/C13H10BrClFNO2S/c1-8-2-4-10(5-3-8)20(18,19)17-13-11(14)6-9(16)7-12(13)15/h2-7,17H,1H3. The van der Waals surface area contributed by atoms with Crippen molar-refractivity contribution in [1.29, 1.82) is 0 Å². The Labute approximate surface area is 130 Å². The van der Waals surface area contributed by atoms with E-state index < -0.39 is 15.8 Å². The first-order valence-electron chi connectivity index (χ1n) is 5.53. The van der Waals surface area contributed by atoms with E-state index in [0.29, 0.717) is 0 Å². The molecule has 0 saturated carbocycles. The minimum atomic E-state index is -3.77. The predicted octanol–water partition coefficient (Wildman–Crippen LogP) is 4.35. The van der Waals surface area contributed by atoms with Crippen molar-refractivity contribution in [2.75, 3.05) is 4.72 Å². The molecule has 106 valence electrons. The lowest BCUT2D eigenvalue weighted by atomic mass is 10.2. The molecule has 0 amide bonds. The molecule has 2 aromatic rings. The SMILES string of the molecule is Cc1ccc(S(=O)(=O)Nc2c(Cl)cc(F)cc2Br)cc1. The number of rotatable bonds is 3. The van der Waals surface area contributed by atoms with Crippen LogP contribution < -0.4 is 4.72 Å². The second-order valence-corrected chi connectivity index (χ2v) is 7.11. The Morgan fingerprint density at radius 2 is 1.80 bits per heavy atom. The first kappa shape index (κ1) is 15.3. The molecule has 0 aliphatic heterocycles. The van der Waals surface area contributed by atoms with Crippen molar-refractivity contribution in [2.24, 2.45) is 0 Å². The van der Waals surface area contributed by atoms with E-state index in [1.807, 2.05) is 6.92 Å². The summed E-state index contributed by atoms with van der Waals surface area (Å²) in [6.45, 7) is 1.86. The Morgan fingerprint density at radius 1 is 1.20 bits per heavy atom. The van der Waals surface area contributed by atoms with Crippen molar-refractivity contribution in [3.8, 4) is 0 Å². The van der Waals surface area contributed by atoms with Gasteiger partial charge < -0.3 is 0 Å². The molecular weight excluding hydrogens is 369 g/mol. The third-order valence-electron chi connectivity index (χ3n) is 2.57. The van der Waals surface area contributed by atoms with Crippen LogP contribution in [-0.4, -0.2) is 8.42 Å². The van der Waals surface area contributed by atoms with Gasteiger partial charge in [-0.3, -0.25) is 4.72 Å². The lowest BCUT2D eigenvalue weighted by Crippen LogP contribution is -2.13. The summed E-state index contributed by atoms with van der Waals surface area (Å²) in [5.41, 5.74) is 1.05. The Morgan fingerprint density at radius 3 is 2.35 bits per heavy atom. The van der Waals surface area contributed by atoms with Crippen molar-refractivity contribution >= 4 is 43.2 Å². The molecule has 0 spiro atoms. The van der Waals surface area contributed by atoms with Gasteiger partial charge in [0.1, 0.15) is 5.82 Å². The molecule has 0 aliphatic carbocycles. The monoisotopic (exact) mass is 377 g/mol. The molecule has 0 heterocycles. The molecule has 20 heavy (non-hydrogen) atoms. The van der Waals surface area contributed by atoms with Crippen LogP contribution in [0.15, 0.2) is 45.8 Å². The topological polar surface area (TPSA) is 46.2 Å².